The van der Waals surface area contributed by atoms with Crippen molar-refractivity contribution >= 4 is 48.8 Å². The van der Waals surface area contributed by atoms with E-state index in [2.05, 4.69) is 15.9 Å². The van der Waals surface area contributed by atoms with Crippen LogP contribution in [-0.2, 0) is 11.4 Å². The summed E-state index contributed by atoms with van der Waals surface area (Å²) in [7, 11) is 0. The Kier molecular flexibility index (Phi) is 3.26. The summed E-state index contributed by atoms with van der Waals surface area (Å²) < 4.78 is 25.6. The number of hydrogen-bond donors (Lipinski definition) is 1. The molecular weight excluding hydrogens is 328 g/mol. The van der Waals surface area contributed by atoms with Gasteiger partial charge in [-0.05, 0) is 28.3 Å². The molecule has 1 N–H and O–H groups in total. The molecule has 19 heavy (non-hydrogen) atoms. The minimum absolute atomic E-state index is 0.393. The second-order valence-electron chi connectivity index (χ2n) is 4.06. The maximum Gasteiger partial charge on any atom is 0.357 e. The maximum atomic E-state index is 10.8. The summed E-state index contributed by atoms with van der Waals surface area (Å²) in [6.07, 6.45) is 0. The van der Waals surface area contributed by atoms with Crippen molar-refractivity contribution in [2.75, 3.05) is 0 Å². The predicted molar refractivity (Wildman–Crippen MR) is 80.6 cm³/mol. The van der Waals surface area contributed by atoms with Gasteiger partial charge in [0.15, 0.2) is 5.75 Å². The number of benzene rings is 3. The normalized spacial score (nSPS) is 12.7. The van der Waals surface area contributed by atoms with Crippen LogP contribution < -0.4 is 4.18 Å². The number of halogens is 1. The number of rotatable bonds is 2. The first-order valence-electron chi connectivity index (χ1n) is 5.56. The highest BCUT2D eigenvalue weighted by Crippen LogP contribution is 2.36. The molecule has 1 atom stereocenters. The Morgan fingerprint density at radius 3 is 2.32 bits per heavy atom. The van der Waals surface area contributed by atoms with Gasteiger partial charge in [0.2, 0.25) is 0 Å². The Labute approximate surface area is 120 Å². The van der Waals surface area contributed by atoms with Crippen LogP contribution in [0.5, 0.6) is 5.75 Å². The van der Waals surface area contributed by atoms with Crippen molar-refractivity contribution in [1.29, 1.82) is 0 Å². The summed E-state index contributed by atoms with van der Waals surface area (Å²) in [6.45, 7) is 0. The Morgan fingerprint density at radius 1 is 0.947 bits per heavy atom. The molecule has 0 spiro atoms. The van der Waals surface area contributed by atoms with E-state index >= 15 is 0 Å². The Balaban J connectivity index is 2.42. The van der Waals surface area contributed by atoms with Crippen molar-refractivity contribution < 1.29 is 12.9 Å². The van der Waals surface area contributed by atoms with Gasteiger partial charge in [-0.1, -0.05) is 52.3 Å². The third-order valence-corrected chi connectivity index (χ3v) is 3.95. The maximum absolute atomic E-state index is 10.8. The summed E-state index contributed by atoms with van der Waals surface area (Å²) in [5.41, 5.74) is 0. The lowest BCUT2D eigenvalue weighted by Gasteiger charge is -2.09. The van der Waals surface area contributed by atoms with Crippen LogP contribution in [0.4, 0.5) is 0 Å². The highest BCUT2D eigenvalue weighted by molar-refractivity contribution is 9.10. The quantitative estimate of drug-likeness (QED) is 0.561. The fraction of sp³-hybridized carbons (Fsp3) is 0. The van der Waals surface area contributed by atoms with E-state index < -0.39 is 11.4 Å². The smallest absolute Gasteiger partial charge is 0.357 e. The minimum Gasteiger partial charge on any atom is -0.379 e. The van der Waals surface area contributed by atoms with E-state index in [0.29, 0.717) is 5.75 Å². The van der Waals surface area contributed by atoms with E-state index in [4.69, 9.17) is 8.74 Å². The molecule has 0 fully saturated rings. The van der Waals surface area contributed by atoms with Crippen molar-refractivity contribution in [3.63, 3.8) is 0 Å². The fourth-order valence-electron chi connectivity index (χ4n) is 2.21. The SMILES string of the molecule is O=S(O)Oc1cccc2c1cc(Br)c1ccccc12. The van der Waals surface area contributed by atoms with E-state index in [-0.39, 0.29) is 0 Å². The van der Waals surface area contributed by atoms with Gasteiger partial charge in [-0.2, -0.15) is 4.21 Å². The van der Waals surface area contributed by atoms with Crippen LogP contribution in [0, 0.1) is 0 Å². The van der Waals surface area contributed by atoms with Crippen LogP contribution in [0.1, 0.15) is 0 Å². The molecule has 5 heteroatoms. The molecule has 3 aromatic rings. The average molecular weight is 337 g/mol. The third kappa shape index (κ3) is 2.25. The molecule has 0 amide bonds. The topological polar surface area (TPSA) is 46.5 Å². The van der Waals surface area contributed by atoms with Crippen molar-refractivity contribution in [2.24, 2.45) is 0 Å². The molecule has 0 aliphatic heterocycles. The van der Waals surface area contributed by atoms with Gasteiger partial charge in [-0.3, -0.25) is 4.55 Å². The summed E-state index contributed by atoms with van der Waals surface area (Å²) in [5, 5.41) is 3.95. The van der Waals surface area contributed by atoms with Gasteiger partial charge >= 0.3 is 11.4 Å². The molecule has 96 valence electrons. The predicted octanol–water partition coefficient (Wildman–Crippen LogP) is 4.27. The molecule has 3 aromatic carbocycles. The zero-order valence-corrected chi connectivity index (χ0v) is 12.1. The third-order valence-electron chi connectivity index (χ3n) is 2.97. The Hall–Kier alpha value is -1.43. The average Bonchev–Trinajstić information content (AvgIpc) is 2.40. The molecule has 1 unspecified atom stereocenters. The Bertz CT molecular complexity index is 801. The van der Waals surface area contributed by atoms with Crippen molar-refractivity contribution in [1.82, 2.24) is 0 Å². The summed E-state index contributed by atoms with van der Waals surface area (Å²) >= 11 is 1.20. The molecule has 3 nitrogen and oxygen atoms in total. The van der Waals surface area contributed by atoms with Crippen LogP contribution >= 0.6 is 15.9 Å². The molecule has 0 heterocycles. The van der Waals surface area contributed by atoms with Gasteiger partial charge in [0.25, 0.3) is 0 Å². The highest BCUT2D eigenvalue weighted by Gasteiger charge is 2.10. The van der Waals surface area contributed by atoms with Crippen molar-refractivity contribution in [3.8, 4) is 5.75 Å². The monoisotopic (exact) mass is 336 g/mol. The molecule has 0 aliphatic rings. The molecule has 0 saturated heterocycles. The second kappa shape index (κ2) is 4.92. The lowest BCUT2D eigenvalue weighted by Crippen LogP contribution is -1.98. The van der Waals surface area contributed by atoms with Crippen molar-refractivity contribution in [2.45, 2.75) is 0 Å². The van der Waals surface area contributed by atoms with Gasteiger partial charge in [-0.15, -0.1) is 0 Å². The molecule has 3 rings (SSSR count). The number of fused-ring (bicyclic) bond motifs is 3. The van der Waals surface area contributed by atoms with Gasteiger partial charge in [0, 0.05) is 9.86 Å². The van der Waals surface area contributed by atoms with Crippen LogP contribution in [0.25, 0.3) is 21.5 Å². The molecule has 0 aromatic heterocycles. The lowest BCUT2D eigenvalue weighted by molar-refractivity contribution is 0.460. The minimum atomic E-state index is -2.33. The fourth-order valence-corrected chi connectivity index (χ4v) is 3.08. The van der Waals surface area contributed by atoms with Crippen molar-refractivity contribution in [3.05, 3.63) is 53.0 Å². The van der Waals surface area contributed by atoms with E-state index in [1.54, 1.807) is 6.07 Å². The van der Waals surface area contributed by atoms with E-state index in [9.17, 15) is 4.21 Å². The van der Waals surface area contributed by atoms with E-state index in [1.165, 1.54) is 0 Å². The van der Waals surface area contributed by atoms with Gasteiger partial charge in [-0.25, -0.2) is 0 Å². The van der Waals surface area contributed by atoms with Crippen LogP contribution in [0.15, 0.2) is 53.0 Å². The van der Waals surface area contributed by atoms with Crippen LogP contribution in [0.2, 0.25) is 0 Å². The van der Waals surface area contributed by atoms with E-state index in [0.717, 1.165) is 26.0 Å². The summed E-state index contributed by atoms with van der Waals surface area (Å²) in [4.78, 5) is 0. The summed E-state index contributed by atoms with van der Waals surface area (Å²) in [5.74, 6) is 0.393. The first-order chi connectivity index (χ1) is 9.16. The highest BCUT2D eigenvalue weighted by atomic mass is 79.9. The zero-order valence-electron chi connectivity index (χ0n) is 9.67. The lowest BCUT2D eigenvalue weighted by atomic mass is 10.0. The van der Waals surface area contributed by atoms with Gasteiger partial charge < -0.3 is 4.18 Å². The molecule has 0 bridgehead atoms. The molecule has 0 radical (unpaired) electrons. The first-order valence-corrected chi connectivity index (χ1v) is 7.38. The first kappa shape index (κ1) is 12.6. The second-order valence-corrected chi connectivity index (χ2v) is 5.51. The largest absolute Gasteiger partial charge is 0.379 e. The summed E-state index contributed by atoms with van der Waals surface area (Å²) in [6, 6.07) is 15.3. The molecule has 0 saturated carbocycles. The molecular formula is C14H9BrO3S. The zero-order chi connectivity index (χ0) is 13.4. The van der Waals surface area contributed by atoms with Crippen LogP contribution in [0.3, 0.4) is 0 Å². The van der Waals surface area contributed by atoms with E-state index in [1.807, 2.05) is 42.5 Å². The van der Waals surface area contributed by atoms with Gasteiger partial charge in [0.1, 0.15) is 0 Å². The Morgan fingerprint density at radius 2 is 1.58 bits per heavy atom. The standard InChI is InChI=1S/C14H9BrO3S/c15-13-8-12-10(9-4-1-2-5-11(9)13)6-3-7-14(12)18-19(16)17/h1-8H,(H,16,17). The number of hydrogen-bond acceptors (Lipinski definition) is 2. The van der Waals surface area contributed by atoms with Crippen LogP contribution in [-0.4, -0.2) is 8.76 Å². The molecule has 0 aliphatic carbocycles. The van der Waals surface area contributed by atoms with Gasteiger partial charge in [0.05, 0.1) is 0 Å².